The minimum absolute atomic E-state index is 0.240. The first-order chi connectivity index (χ1) is 8.08. The summed E-state index contributed by atoms with van der Waals surface area (Å²) in [6.07, 6.45) is 6.94. The molecule has 2 N–H and O–H groups in total. The van der Waals surface area contributed by atoms with E-state index in [4.69, 9.17) is 0 Å². The van der Waals surface area contributed by atoms with Crippen molar-refractivity contribution in [3.63, 3.8) is 0 Å². The Morgan fingerprint density at radius 2 is 2.00 bits per heavy atom. The van der Waals surface area contributed by atoms with Gasteiger partial charge in [-0.15, -0.1) is 0 Å². The van der Waals surface area contributed by atoms with Crippen LogP contribution in [0.25, 0.3) is 0 Å². The molecule has 2 rings (SSSR count). The first kappa shape index (κ1) is 12.9. The summed E-state index contributed by atoms with van der Waals surface area (Å²) in [4.78, 5) is 11.7. The van der Waals surface area contributed by atoms with Crippen molar-refractivity contribution in [3.8, 4) is 0 Å². The molecule has 0 aromatic heterocycles. The summed E-state index contributed by atoms with van der Waals surface area (Å²) in [5.74, 6) is 1.15. The van der Waals surface area contributed by atoms with Crippen molar-refractivity contribution in [1.29, 1.82) is 0 Å². The molecule has 98 valence electrons. The summed E-state index contributed by atoms with van der Waals surface area (Å²) in [5.41, 5.74) is -0.671. The Morgan fingerprint density at radius 3 is 2.65 bits per heavy atom. The quantitative estimate of drug-likeness (QED) is 0.796. The fourth-order valence-electron chi connectivity index (χ4n) is 4.01. The van der Waals surface area contributed by atoms with Gasteiger partial charge in [0.2, 0.25) is 0 Å². The van der Waals surface area contributed by atoms with Gasteiger partial charge in [-0.3, -0.25) is 4.79 Å². The average molecular weight is 239 g/mol. The van der Waals surface area contributed by atoms with Gasteiger partial charge in [-0.05, 0) is 50.0 Å². The Hall–Kier alpha value is -0.570. The number of carboxylic acids is 1. The Kier molecular flexibility index (Phi) is 3.76. The van der Waals surface area contributed by atoms with Crippen LogP contribution in [-0.4, -0.2) is 23.2 Å². The summed E-state index contributed by atoms with van der Waals surface area (Å²) in [7, 11) is 0. The van der Waals surface area contributed by atoms with Crippen LogP contribution in [0.1, 0.15) is 52.4 Å². The van der Waals surface area contributed by atoms with E-state index in [0.717, 1.165) is 37.6 Å². The number of likely N-dealkylation sites (N-methyl/N-ethyl adjacent to an activating group) is 1. The highest BCUT2D eigenvalue weighted by Crippen LogP contribution is 2.44. The van der Waals surface area contributed by atoms with E-state index in [1.807, 2.05) is 6.92 Å². The van der Waals surface area contributed by atoms with Crippen LogP contribution in [0.15, 0.2) is 0 Å². The van der Waals surface area contributed by atoms with E-state index in [2.05, 4.69) is 12.2 Å². The second-order valence-electron chi connectivity index (χ2n) is 6.03. The minimum Gasteiger partial charge on any atom is -0.480 e. The normalized spacial score (nSPS) is 41.9. The maximum atomic E-state index is 11.7. The van der Waals surface area contributed by atoms with Gasteiger partial charge in [0.15, 0.2) is 0 Å². The standard InChI is InChI=1S/C14H25NO2/c1-3-15-14(13(16)17)7-6-11-4-5-12(9-11)8-10(14)2/h10-12,15H,3-9H2,1-2H3,(H,16,17). The SMILES string of the molecule is CCNC1(C(=O)O)CCC2CCC(C2)CC1C. The molecule has 0 saturated heterocycles. The molecule has 2 aliphatic rings. The first-order valence-corrected chi connectivity index (χ1v) is 7.07. The molecule has 3 nitrogen and oxygen atoms in total. The van der Waals surface area contributed by atoms with Crippen molar-refractivity contribution >= 4 is 5.97 Å². The maximum Gasteiger partial charge on any atom is 0.324 e. The van der Waals surface area contributed by atoms with Crippen molar-refractivity contribution in [2.24, 2.45) is 17.8 Å². The predicted octanol–water partition coefficient (Wildman–Crippen LogP) is 2.66. The number of nitrogens with one attached hydrogen (secondary N) is 1. The lowest BCUT2D eigenvalue weighted by molar-refractivity contribution is -0.148. The number of hydrogen-bond donors (Lipinski definition) is 2. The van der Waals surface area contributed by atoms with E-state index in [0.29, 0.717) is 0 Å². The lowest BCUT2D eigenvalue weighted by atomic mass is 9.73. The number of carbonyl (C=O) groups is 1. The van der Waals surface area contributed by atoms with Gasteiger partial charge >= 0.3 is 5.97 Å². The molecule has 0 aromatic rings. The van der Waals surface area contributed by atoms with Crippen LogP contribution in [0, 0.1) is 17.8 Å². The number of rotatable bonds is 3. The Morgan fingerprint density at radius 1 is 1.29 bits per heavy atom. The number of carboxylic acid groups (broad SMARTS) is 1. The van der Waals surface area contributed by atoms with Crippen LogP contribution in [0.3, 0.4) is 0 Å². The fraction of sp³-hybridized carbons (Fsp3) is 0.929. The van der Waals surface area contributed by atoms with Crippen LogP contribution < -0.4 is 5.32 Å². The van der Waals surface area contributed by atoms with E-state index in [9.17, 15) is 9.90 Å². The molecule has 0 spiro atoms. The third-order valence-corrected chi connectivity index (χ3v) is 5.00. The molecule has 17 heavy (non-hydrogen) atoms. The van der Waals surface area contributed by atoms with Gasteiger partial charge in [-0.1, -0.05) is 26.7 Å². The lowest BCUT2D eigenvalue weighted by Gasteiger charge is -2.39. The lowest BCUT2D eigenvalue weighted by Crippen LogP contribution is -2.57. The first-order valence-electron chi connectivity index (χ1n) is 7.07. The highest BCUT2D eigenvalue weighted by Gasteiger charge is 2.46. The third-order valence-electron chi connectivity index (χ3n) is 5.00. The summed E-state index contributed by atoms with van der Waals surface area (Å²) in [6, 6.07) is 0. The van der Waals surface area contributed by atoms with Gasteiger partial charge in [-0.25, -0.2) is 0 Å². The molecule has 2 bridgehead atoms. The van der Waals surface area contributed by atoms with Crippen molar-refractivity contribution < 1.29 is 9.90 Å². The average Bonchev–Trinajstić information content (AvgIpc) is 2.71. The summed E-state index contributed by atoms with van der Waals surface area (Å²) in [6.45, 7) is 4.87. The van der Waals surface area contributed by atoms with Crippen LogP contribution in [0.2, 0.25) is 0 Å². The van der Waals surface area contributed by atoms with E-state index in [1.54, 1.807) is 0 Å². The van der Waals surface area contributed by atoms with E-state index in [1.165, 1.54) is 19.3 Å². The van der Waals surface area contributed by atoms with Crippen molar-refractivity contribution in [3.05, 3.63) is 0 Å². The van der Waals surface area contributed by atoms with E-state index < -0.39 is 11.5 Å². The molecule has 3 heteroatoms. The van der Waals surface area contributed by atoms with Crippen LogP contribution in [-0.2, 0) is 4.79 Å². The Labute approximate surface area is 104 Å². The maximum absolute atomic E-state index is 11.7. The minimum atomic E-state index is -0.671. The molecule has 2 fully saturated rings. The zero-order valence-corrected chi connectivity index (χ0v) is 11.0. The Balaban J connectivity index is 2.20. The Bertz CT molecular complexity index is 292. The largest absolute Gasteiger partial charge is 0.480 e. The van der Waals surface area contributed by atoms with Crippen LogP contribution >= 0.6 is 0 Å². The number of fused-ring (bicyclic) bond motifs is 2. The summed E-state index contributed by atoms with van der Waals surface area (Å²) in [5, 5.41) is 12.9. The second kappa shape index (κ2) is 4.97. The van der Waals surface area contributed by atoms with E-state index >= 15 is 0 Å². The van der Waals surface area contributed by atoms with Gasteiger partial charge in [-0.2, -0.15) is 0 Å². The van der Waals surface area contributed by atoms with Gasteiger partial charge in [0.1, 0.15) is 5.54 Å². The zero-order chi connectivity index (χ0) is 12.5. The number of hydrogen-bond acceptors (Lipinski definition) is 2. The molecule has 0 aliphatic heterocycles. The van der Waals surface area contributed by atoms with Gasteiger partial charge < -0.3 is 10.4 Å². The van der Waals surface area contributed by atoms with Crippen LogP contribution in [0.4, 0.5) is 0 Å². The summed E-state index contributed by atoms with van der Waals surface area (Å²) >= 11 is 0. The highest BCUT2D eigenvalue weighted by molar-refractivity contribution is 5.79. The molecule has 0 aromatic carbocycles. The van der Waals surface area contributed by atoms with Gasteiger partial charge in [0.05, 0.1) is 0 Å². The smallest absolute Gasteiger partial charge is 0.324 e. The van der Waals surface area contributed by atoms with Crippen molar-refractivity contribution in [1.82, 2.24) is 5.32 Å². The molecule has 2 aliphatic carbocycles. The topological polar surface area (TPSA) is 49.3 Å². The fourth-order valence-corrected chi connectivity index (χ4v) is 4.01. The summed E-state index contributed by atoms with van der Waals surface area (Å²) < 4.78 is 0. The molecule has 4 atom stereocenters. The monoisotopic (exact) mass is 239 g/mol. The van der Waals surface area contributed by atoms with Crippen LogP contribution in [0.5, 0.6) is 0 Å². The highest BCUT2D eigenvalue weighted by atomic mass is 16.4. The molecular weight excluding hydrogens is 214 g/mol. The zero-order valence-electron chi connectivity index (χ0n) is 11.0. The molecule has 0 radical (unpaired) electrons. The van der Waals surface area contributed by atoms with Gasteiger partial charge in [0.25, 0.3) is 0 Å². The van der Waals surface area contributed by atoms with Crippen molar-refractivity contribution in [2.75, 3.05) is 6.54 Å². The molecule has 4 unspecified atom stereocenters. The number of aliphatic carboxylic acids is 1. The molecule has 0 amide bonds. The van der Waals surface area contributed by atoms with Crippen molar-refractivity contribution in [2.45, 2.75) is 57.9 Å². The van der Waals surface area contributed by atoms with Gasteiger partial charge in [0, 0.05) is 0 Å². The molecule has 2 saturated carbocycles. The third kappa shape index (κ3) is 2.35. The molecule has 0 heterocycles. The second-order valence-corrected chi connectivity index (χ2v) is 6.03. The van der Waals surface area contributed by atoms with E-state index in [-0.39, 0.29) is 5.92 Å². The predicted molar refractivity (Wildman–Crippen MR) is 67.9 cm³/mol. The molecular formula is C14H25NO2.